The number of rotatable bonds is 4. The van der Waals surface area contributed by atoms with Crippen LogP contribution in [0.3, 0.4) is 0 Å². The van der Waals surface area contributed by atoms with Crippen molar-refractivity contribution in [2.75, 3.05) is 0 Å². The zero-order valence-electron chi connectivity index (χ0n) is 12.3. The highest BCUT2D eigenvalue weighted by atomic mass is 28.4. The third-order valence-corrected chi connectivity index (χ3v) is 5.07. The van der Waals surface area contributed by atoms with Crippen LogP contribution >= 0.6 is 0 Å². The molecule has 1 rings (SSSR count). The van der Waals surface area contributed by atoms with E-state index in [2.05, 4.69) is 13.3 Å². The molecule has 0 fully saturated rings. The predicted molar refractivity (Wildman–Crippen MR) is 66.9 cm³/mol. The van der Waals surface area contributed by atoms with E-state index in [1.165, 1.54) is 0 Å². The highest BCUT2D eigenvalue weighted by molar-refractivity contribution is 6.79. The van der Waals surface area contributed by atoms with Crippen molar-refractivity contribution in [1.82, 2.24) is 0 Å². The van der Waals surface area contributed by atoms with Crippen molar-refractivity contribution < 1.29 is 49.6 Å². The van der Waals surface area contributed by atoms with Gasteiger partial charge in [0.15, 0.2) is 23.3 Å². The largest absolute Gasteiger partial charge is 0.749 e. The van der Waals surface area contributed by atoms with Crippen LogP contribution in [0.2, 0.25) is 0 Å². The van der Waals surface area contributed by atoms with Gasteiger partial charge < -0.3 is 13.3 Å². The third-order valence-electron chi connectivity index (χ3n) is 2.35. The van der Waals surface area contributed by atoms with E-state index in [4.69, 9.17) is 0 Å². The van der Waals surface area contributed by atoms with E-state index in [0.717, 1.165) is 0 Å². The molecule has 12 heteroatoms. The zero-order chi connectivity index (χ0) is 18.8. The van der Waals surface area contributed by atoms with Crippen LogP contribution in [0, 0.1) is 29.1 Å². The molecule has 0 spiro atoms. The summed E-state index contributed by atoms with van der Waals surface area (Å²) in [5.41, 5.74) is 0. The molecule has 0 amide bonds. The minimum Gasteiger partial charge on any atom is -0.452 e. The molecule has 0 aromatic heterocycles. The summed E-state index contributed by atoms with van der Waals surface area (Å²) < 4.78 is 81.2. The first-order valence-electron chi connectivity index (χ1n) is 6.03. The number of carbonyl (C=O) groups is 3. The fourth-order valence-electron chi connectivity index (χ4n) is 1.66. The van der Waals surface area contributed by atoms with Gasteiger partial charge in [0.05, 0.1) is 0 Å². The van der Waals surface area contributed by atoms with Gasteiger partial charge >= 0.3 is 8.80 Å². The summed E-state index contributed by atoms with van der Waals surface area (Å²) in [5.74, 6) is -16.3. The number of carbonyl (C=O) groups excluding carboxylic acids is 3. The van der Waals surface area contributed by atoms with Crippen LogP contribution in [0.15, 0.2) is 0 Å². The maximum atomic E-state index is 14.0. The fraction of sp³-hybridized carbons (Fsp3) is 0.250. The molecule has 24 heavy (non-hydrogen) atoms. The van der Waals surface area contributed by atoms with Crippen LogP contribution < -0.4 is 5.19 Å². The molecule has 0 unspecified atom stereocenters. The van der Waals surface area contributed by atoms with Gasteiger partial charge in [0.25, 0.3) is 17.9 Å². The van der Waals surface area contributed by atoms with Crippen molar-refractivity contribution in [2.24, 2.45) is 0 Å². The van der Waals surface area contributed by atoms with Gasteiger partial charge in [-0.15, -0.1) is 0 Å². The molecule has 0 aliphatic carbocycles. The second-order valence-electron chi connectivity index (χ2n) is 4.28. The first kappa shape index (κ1) is 19.5. The van der Waals surface area contributed by atoms with Crippen LogP contribution in [0.4, 0.5) is 22.0 Å². The van der Waals surface area contributed by atoms with Crippen molar-refractivity contribution in [3.05, 3.63) is 29.1 Å². The summed E-state index contributed by atoms with van der Waals surface area (Å²) in [7, 11) is -5.48. The number of benzene rings is 1. The predicted octanol–water partition coefficient (Wildman–Crippen LogP) is 1.22. The van der Waals surface area contributed by atoms with E-state index in [-0.39, 0.29) is 0 Å². The third kappa shape index (κ3) is 3.69. The van der Waals surface area contributed by atoms with Crippen LogP contribution in [-0.2, 0) is 27.7 Å². The second kappa shape index (κ2) is 6.94. The summed E-state index contributed by atoms with van der Waals surface area (Å²) in [5, 5.41) is -1.83. The van der Waals surface area contributed by atoms with Gasteiger partial charge in [0, 0.05) is 20.8 Å². The highest BCUT2D eigenvalue weighted by Gasteiger charge is 2.60. The summed E-state index contributed by atoms with van der Waals surface area (Å²) in [4.78, 5) is 33.5. The quantitative estimate of drug-likeness (QED) is 0.342. The highest BCUT2D eigenvalue weighted by Crippen LogP contribution is 2.22. The maximum Gasteiger partial charge on any atom is 0.749 e. The first-order valence-corrected chi connectivity index (χ1v) is 7.76. The Morgan fingerprint density at radius 2 is 0.875 bits per heavy atom. The monoisotopic (exact) mass is 372 g/mol. The van der Waals surface area contributed by atoms with Crippen LogP contribution in [-0.4, -0.2) is 26.7 Å². The molecule has 0 atom stereocenters. The van der Waals surface area contributed by atoms with E-state index < -0.39 is 61.0 Å². The fourth-order valence-corrected chi connectivity index (χ4v) is 3.98. The molecular weight excluding hydrogens is 363 g/mol. The Morgan fingerprint density at radius 1 is 0.625 bits per heavy atom. The van der Waals surface area contributed by atoms with Gasteiger partial charge in [0.2, 0.25) is 5.82 Å². The molecular formula is C12H9F5O6Si. The zero-order valence-corrected chi connectivity index (χ0v) is 13.3. The van der Waals surface area contributed by atoms with E-state index in [9.17, 15) is 36.3 Å². The molecule has 0 aliphatic heterocycles. The number of hydrogen-bond donors (Lipinski definition) is 0. The number of hydrogen-bond acceptors (Lipinski definition) is 6. The van der Waals surface area contributed by atoms with Crippen molar-refractivity contribution in [3.63, 3.8) is 0 Å². The average Bonchev–Trinajstić information content (AvgIpc) is 2.40. The molecule has 0 N–H and O–H groups in total. The van der Waals surface area contributed by atoms with Gasteiger partial charge in [-0.25, -0.2) is 22.0 Å². The van der Waals surface area contributed by atoms with Gasteiger partial charge in [-0.3, -0.25) is 14.4 Å². The van der Waals surface area contributed by atoms with Crippen molar-refractivity contribution in [2.45, 2.75) is 20.8 Å². The van der Waals surface area contributed by atoms with E-state index >= 15 is 0 Å². The Hall–Kier alpha value is -2.50. The molecule has 0 saturated heterocycles. The van der Waals surface area contributed by atoms with Gasteiger partial charge in [-0.1, -0.05) is 0 Å². The molecule has 0 saturated carbocycles. The minimum absolute atomic E-state index is 0.681. The van der Waals surface area contributed by atoms with Crippen LogP contribution in [0.5, 0.6) is 0 Å². The summed E-state index contributed by atoms with van der Waals surface area (Å²) in [6, 6.07) is 0. The lowest BCUT2D eigenvalue weighted by Crippen LogP contribution is -2.62. The van der Waals surface area contributed by atoms with Crippen molar-refractivity contribution in [3.8, 4) is 0 Å². The molecule has 1 aromatic carbocycles. The smallest absolute Gasteiger partial charge is 0.452 e. The standard InChI is InChI=1S/C12H9F5O6Si/c1-4(18)21-24(22-5(2)19,23-6(3)20)12-10(16)8(14)7(13)9(15)11(12)17/h1-3H3. The van der Waals surface area contributed by atoms with E-state index in [1.807, 2.05) is 0 Å². The lowest BCUT2D eigenvalue weighted by atomic mass is 10.3. The van der Waals surface area contributed by atoms with Crippen LogP contribution in [0.1, 0.15) is 20.8 Å². The molecule has 6 nitrogen and oxygen atoms in total. The summed E-state index contributed by atoms with van der Waals surface area (Å²) >= 11 is 0. The molecule has 132 valence electrons. The molecule has 0 radical (unpaired) electrons. The Morgan fingerprint density at radius 3 is 1.12 bits per heavy atom. The van der Waals surface area contributed by atoms with E-state index in [1.54, 1.807) is 0 Å². The Balaban J connectivity index is 3.86. The normalized spacial score (nSPS) is 11.0. The molecule has 1 aromatic rings. The van der Waals surface area contributed by atoms with E-state index in [0.29, 0.717) is 20.8 Å². The number of halogens is 5. The van der Waals surface area contributed by atoms with Gasteiger partial charge in [-0.05, 0) is 0 Å². The SMILES string of the molecule is CC(=O)O[Si](OC(C)=O)(OC(C)=O)c1c(F)c(F)c(F)c(F)c1F. The summed E-state index contributed by atoms with van der Waals surface area (Å²) in [6.45, 7) is 2.04. The second-order valence-corrected chi connectivity index (χ2v) is 6.51. The van der Waals surface area contributed by atoms with Gasteiger partial charge in [0.1, 0.15) is 5.19 Å². The molecule has 0 heterocycles. The lowest BCUT2D eigenvalue weighted by Gasteiger charge is -2.26. The Kier molecular flexibility index (Phi) is 5.65. The van der Waals surface area contributed by atoms with Crippen molar-refractivity contribution >= 4 is 31.9 Å². The maximum absolute atomic E-state index is 14.0. The summed E-state index contributed by atoms with van der Waals surface area (Å²) in [6.07, 6.45) is 0. The average molecular weight is 372 g/mol. The molecule has 0 bridgehead atoms. The first-order chi connectivity index (χ1) is 10.9. The Bertz CT molecular complexity index is 653. The van der Waals surface area contributed by atoms with Crippen molar-refractivity contribution in [1.29, 1.82) is 0 Å². The topological polar surface area (TPSA) is 78.9 Å². The van der Waals surface area contributed by atoms with Gasteiger partial charge in [-0.2, -0.15) is 0 Å². The lowest BCUT2D eigenvalue weighted by molar-refractivity contribution is -0.146. The Labute approximate surface area is 132 Å². The molecule has 0 aliphatic rings. The minimum atomic E-state index is -5.48. The van der Waals surface area contributed by atoms with Crippen LogP contribution in [0.25, 0.3) is 0 Å².